The van der Waals surface area contributed by atoms with Crippen molar-refractivity contribution in [2.45, 2.75) is 13.2 Å². The van der Waals surface area contributed by atoms with Gasteiger partial charge >= 0.3 is 23.1 Å². The van der Waals surface area contributed by atoms with Crippen molar-refractivity contribution >= 4 is 30.9 Å². The molecule has 32 valence electrons. The van der Waals surface area contributed by atoms with Gasteiger partial charge in [-0.3, -0.25) is 0 Å². The zero-order valence-corrected chi connectivity index (χ0v) is 8.33. The van der Waals surface area contributed by atoms with Crippen LogP contribution in [0.25, 0.3) is 0 Å². The second kappa shape index (κ2) is 29.2. The molecule has 0 heterocycles. The van der Waals surface area contributed by atoms with Gasteiger partial charge in [-0.1, -0.05) is 13.2 Å². The molecule has 0 N–H and O–H groups in total. The largest absolute Gasteiger partial charge is 2.00 e. The summed E-state index contributed by atoms with van der Waals surface area (Å²) in [4.78, 5) is 0. The first-order valence-corrected chi connectivity index (χ1v) is 1.12. The number of rotatable bonds is 0. The Hall–Kier alpha value is 1.79. The fourth-order valence-electron chi connectivity index (χ4n) is 0. The van der Waals surface area contributed by atoms with Crippen LogP contribution in [-0.2, 0) is 0 Å². The van der Waals surface area contributed by atoms with E-state index < -0.39 is 0 Å². The van der Waals surface area contributed by atoms with Crippen LogP contribution < -0.4 is 34.0 Å². The molecule has 0 aromatic heterocycles. The Labute approximate surface area is 77.6 Å². The molecular weight excluding hydrogens is 219 g/mol. The molecule has 0 fully saturated rings. The summed E-state index contributed by atoms with van der Waals surface area (Å²) >= 11 is 0. The molecular formula is C2H5BBr2Mg. The summed E-state index contributed by atoms with van der Waals surface area (Å²) in [7, 11) is 4.85. The van der Waals surface area contributed by atoms with Crippen molar-refractivity contribution in [3.05, 3.63) is 0 Å². The Morgan fingerprint density at radius 3 is 1.33 bits per heavy atom. The first kappa shape index (κ1) is 25.0. The minimum absolute atomic E-state index is 0. The molecule has 0 atom stereocenters. The molecule has 0 aromatic carbocycles. The third-order valence-electron chi connectivity index (χ3n) is 0. The van der Waals surface area contributed by atoms with Crippen molar-refractivity contribution < 1.29 is 34.0 Å². The molecule has 6 heavy (non-hydrogen) atoms. The van der Waals surface area contributed by atoms with Gasteiger partial charge in [0.2, 0.25) is 0 Å². The van der Waals surface area contributed by atoms with E-state index in [1.54, 1.807) is 0 Å². The van der Waals surface area contributed by atoms with Gasteiger partial charge < -0.3 is 34.0 Å². The second-order valence-electron chi connectivity index (χ2n) is 0.408. The van der Waals surface area contributed by atoms with Gasteiger partial charge in [0.1, 0.15) is 0 Å². The monoisotopic (exact) mass is 222 g/mol. The zero-order chi connectivity index (χ0) is 2.71. The molecule has 0 bridgehead atoms. The van der Waals surface area contributed by atoms with Crippen LogP contribution in [-0.4, -0.2) is 30.9 Å². The summed E-state index contributed by atoms with van der Waals surface area (Å²) in [5.41, 5.74) is 0. The van der Waals surface area contributed by atoms with Crippen LogP contribution >= 0.6 is 0 Å². The van der Waals surface area contributed by atoms with E-state index in [4.69, 9.17) is 7.85 Å². The fourth-order valence-corrected chi connectivity index (χ4v) is 0. The molecule has 0 saturated carbocycles. The minimum atomic E-state index is 0. The molecule has 2 radical (unpaired) electrons. The molecule has 0 spiro atoms. The first-order valence-electron chi connectivity index (χ1n) is 1.12. The third kappa shape index (κ3) is 41.4. The van der Waals surface area contributed by atoms with E-state index >= 15 is 0 Å². The molecule has 0 saturated heterocycles. The number of hydrogen-bond donors (Lipinski definition) is 0. The van der Waals surface area contributed by atoms with Gasteiger partial charge in [0.25, 0.3) is 0 Å². The Morgan fingerprint density at radius 1 is 1.33 bits per heavy atom. The molecule has 0 aliphatic heterocycles. The zero-order valence-electron chi connectivity index (χ0n) is 3.75. The first-order chi connectivity index (χ1) is 1.41. The summed E-state index contributed by atoms with van der Waals surface area (Å²) in [6, 6.07) is 0. The van der Waals surface area contributed by atoms with Gasteiger partial charge in [-0.25, -0.2) is 0 Å². The van der Waals surface area contributed by atoms with Crippen molar-refractivity contribution in [2.75, 3.05) is 0 Å². The quantitative estimate of drug-likeness (QED) is 0.360. The van der Waals surface area contributed by atoms with E-state index in [-0.39, 0.29) is 57.0 Å². The SMILES string of the molecule is [B]CC.[Br-].[Br-].[Mg+2]. The van der Waals surface area contributed by atoms with Gasteiger partial charge in [0.05, 0.1) is 7.85 Å². The van der Waals surface area contributed by atoms with Crippen LogP contribution in [0, 0.1) is 0 Å². The molecule has 0 aliphatic carbocycles. The molecule has 0 rings (SSSR count). The van der Waals surface area contributed by atoms with E-state index in [9.17, 15) is 0 Å². The predicted molar refractivity (Wildman–Crippen MR) is 22.0 cm³/mol. The van der Waals surface area contributed by atoms with Gasteiger partial charge in [-0.2, -0.15) is 0 Å². The Morgan fingerprint density at radius 2 is 1.33 bits per heavy atom. The van der Waals surface area contributed by atoms with E-state index in [1.807, 2.05) is 6.92 Å². The van der Waals surface area contributed by atoms with Crippen LogP contribution in [0.1, 0.15) is 6.92 Å². The third-order valence-corrected chi connectivity index (χ3v) is 0. The number of halogens is 2. The Kier molecular flexibility index (Phi) is 122. The average Bonchev–Trinajstić information content (AvgIpc) is 0.918. The Bertz CT molecular complexity index is 11.5. The maximum atomic E-state index is 4.85. The van der Waals surface area contributed by atoms with Crippen molar-refractivity contribution in [3.63, 3.8) is 0 Å². The molecule has 4 heteroatoms. The summed E-state index contributed by atoms with van der Waals surface area (Å²) in [6.07, 6.45) is 0.750. The van der Waals surface area contributed by atoms with Gasteiger partial charge in [-0.15, -0.1) is 0 Å². The summed E-state index contributed by atoms with van der Waals surface area (Å²) in [5.74, 6) is 0. The fraction of sp³-hybridized carbons (Fsp3) is 1.00. The number of hydrogen-bond acceptors (Lipinski definition) is 0. The normalized spacial score (nSPS) is 2.83. The van der Waals surface area contributed by atoms with Gasteiger partial charge in [0.15, 0.2) is 0 Å². The molecule has 0 amide bonds. The summed E-state index contributed by atoms with van der Waals surface area (Å²) in [6.45, 7) is 1.90. The topological polar surface area (TPSA) is 0 Å². The van der Waals surface area contributed by atoms with Gasteiger partial charge in [0, 0.05) is 0 Å². The van der Waals surface area contributed by atoms with Crippen molar-refractivity contribution in [1.82, 2.24) is 0 Å². The molecule has 0 aromatic rings. The van der Waals surface area contributed by atoms with Gasteiger partial charge in [-0.05, 0) is 0 Å². The van der Waals surface area contributed by atoms with Crippen LogP contribution in [0.4, 0.5) is 0 Å². The smallest absolute Gasteiger partial charge is 1.00 e. The van der Waals surface area contributed by atoms with Crippen molar-refractivity contribution in [3.8, 4) is 0 Å². The molecule has 0 aliphatic rings. The Balaban J connectivity index is -0.00000000667. The average molecular weight is 224 g/mol. The van der Waals surface area contributed by atoms with E-state index in [0.29, 0.717) is 0 Å². The molecule has 0 unspecified atom stereocenters. The van der Waals surface area contributed by atoms with E-state index in [0.717, 1.165) is 6.32 Å². The summed E-state index contributed by atoms with van der Waals surface area (Å²) in [5, 5.41) is 0. The van der Waals surface area contributed by atoms with E-state index in [2.05, 4.69) is 0 Å². The van der Waals surface area contributed by atoms with Crippen LogP contribution in [0.2, 0.25) is 6.32 Å². The summed E-state index contributed by atoms with van der Waals surface area (Å²) < 4.78 is 0. The predicted octanol–water partition coefficient (Wildman–Crippen LogP) is -5.78. The minimum Gasteiger partial charge on any atom is -1.00 e. The standard InChI is InChI=1S/C2H5B.2BrH.Mg/c1-2-3;;;/h2H2,1H3;2*1H;/q;;;+2/p-2. The van der Waals surface area contributed by atoms with Crippen molar-refractivity contribution in [2.24, 2.45) is 0 Å². The second-order valence-corrected chi connectivity index (χ2v) is 0.408. The van der Waals surface area contributed by atoms with Crippen LogP contribution in [0.5, 0.6) is 0 Å². The van der Waals surface area contributed by atoms with Crippen LogP contribution in [0.3, 0.4) is 0 Å². The van der Waals surface area contributed by atoms with E-state index in [1.165, 1.54) is 0 Å². The molecule has 0 nitrogen and oxygen atoms in total. The maximum Gasteiger partial charge on any atom is 2.00 e. The van der Waals surface area contributed by atoms with Crippen molar-refractivity contribution in [1.29, 1.82) is 0 Å². The maximum absolute atomic E-state index is 4.85. The van der Waals surface area contributed by atoms with Crippen LogP contribution in [0.15, 0.2) is 0 Å².